The largest absolute Gasteiger partial charge is 0.318 e. The molecule has 0 radical (unpaired) electrons. The molecule has 162 valence electrons. The smallest absolute Gasteiger partial charge is 0.273 e. The van der Waals surface area contributed by atoms with Crippen LogP contribution in [0.3, 0.4) is 0 Å². The van der Waals surface area contributed by atoms with E-state index < -0.39 is 23.4 Å². The quantitative estimate of drug-likeness (QED) is 0.646. The summed E-state index contributed by atoms with van der Waals surface area (Å²) in [5.41, 5.74) is 0.234. The molecule has 0 aliphatic heterocycles. The molecule has 0 bridgehead atoms. The van der Waals surface area contributed by atoms with Crippen LogP contribution >= 0.6 is 0 Å². The topological polar surface area (TPSA) is 93.8 Å². The molecular weight excluding hydrogens is 406 g/mol. The second-order valence-electron chi connectivity index (χ2n) is 7.62. The van der Waals surface area contributed by atoms with E-state index in [0.717, 1.165) is 37.3 Å². The first-order chi connectivity index (χ1) is 14.8. The number of benzene rings is 1. The molecule has 10 heteroatoms. The Morgan fingerprint density at radius 1 is 1.06 bits per heavy atom. The lowest BCUT2D eigenvalue weighted by Gasteiger charge is -2.16. The van der Waals surface area contributed by atoms with Crippen molar-refractivity contribution in [1.82, 2.24) is 19.6 Å². The monoisotopic (exact) mass is 428 g/mol. The van der Waals surface area contributed by atoms with Crippen LogP contribution in [-0.2, 0) is 7.05 Å². The minimum absolute atomic E-state index is 0.177. The van der Waals surface area contributed by atoms with Crippen molar-refractivity contribution in [2.45, 2.75) is 38.6 Å². The maximum atomic E-state index is 14.4. The van der Waals surface area contributed by atoms with E-state index in [1.54, 1.807) is 24.9 Å². The molecule has 1 aromatic carbocycles. The van der Waals surface area contributed by atoms with Gasteiger partial charge < -0.3 is 10.6 Å². The number of halogens is 2. The second kappa shape index (κ2) is 8.29. The van der Waals surface area contributed by atoms with Gasteiger partial charge in [0.15, 0.2) is 0 Å². The molecule has 0 saturated heterocycles. The van der Waals surface area contributed by atoms with Crippen LogP contribution in [0.25, 0.3) is 0 Å². The van der Waals surface area contributed by atoms with Crippen LogP contribution in [0.4, 0.5) is 20.3 Å². The van der Waals surface area contributed by atoms with Crippen LogP contribution in [0.5, 0.6) is 0 Å². The molecule has 31 heavy (non-hydrogen) atoms. The summed E-state index contributed by atoms with van der Waals surface area (Å²) in [7, 11) is 1.56. The first kappa shape index (κ1) is 20.7. The van der Waals surface area contributed by atoms with E-state index in [2.05, 4.69) is 20.8 Å². The lowest BCUT2D eigenvalue weighted by Crippen LogP contribution is -2.21. The molecule has 3 aromatic rings. The number of hydrogen-bond acceptors (Lipinski definition) is 4. The van der Waals surface area contributed by atoms with Crippen molar-refractivity contribution in [3.8, 4) is 0 Å². The van der Waals surface area contributed by atoms with Crippen molar-refractivity contribution in [3.05, 3.63) is 59.0 Å². The summed E-state index contributed by atoms with van der Waals surface area (Å²) in [6.07, 6.45) is 7.16. The maximum Gasteiger partial charge on any atom is 0.273 e. The summed E-state index contributed by atoms with van der Waals surface area (Å²) < 4.78 is 31.8. The molecule has 2 aromatic heterocycles. The van der Waals surface area contributed by atoms with E-state index in [-0.39, 0.29) is 23.0 Å². The van der Waals surface area contributed by atoms with E-state index in [9.17, 15) is 18.4 Å². The Hall–Kier alpha value is -3.56. The van der Waals surface area contributed by atoms with Crippen molar-refractivity contribution < 1.29 is 18.4 Å². The Morgan fingerprint density at radius 2 is 1.81 bits per heavy atom. The van der Waals surface area contributed by atoms with Gasteiger partial charge in [-0.15, -0.1) is 0 Å². The van der Waals surface area contributed by atoms with Gasteiger partial charge in [-0.1, -0.05) is 12.8 Å². The van der Waals surface area contributed by atoms with Gasteiger partial charge in [-0.05, 0) is 31.9 Å². The van der Waals surface area contributed by atoms with Gasteiger partial charge in [0.25, 0.3) is 11.8 Å². The highest BCUT2D eigenvalue weighted by Crippen LogP contribution is 2.33. The predicted molar refractivity (Wildman–Crippen MR) is 110 cm³/mol. The molecule has 0 spiro atoms. The van der Waals surface area contributed by atoms with Crippen molar-refractivity contribution in [2.75, 3.05) is 10.6 Å². The number of anilines is 2. The highest BCUT2D eigenvalue weighted by Gasteiger charge is 2.24. The Balaban J connectivity index is 1.59. The summed E-state index contributed by atoms with van der Waals surface area (Å²) in [6.45, 7) is 1.80. The van der Waals surface area contributed by atoms with Gasteiger partial charge in [0.1, 0.15) is 23.1 Å². The van der Waals surface area contributed by atoms with Crippen LogP contribution in [-0.4, -0.2) is 31.4 Å². The highest BCUT2D eigenvalue weighted by molar-refractivity contribution is 6.07. The van der Waals surface area contributed by atoms with Gasteiger partial charge in [0.05, 0.1) is 23.5 Å². The van der Waals surface area contributed by atoms with Crippen LogP contribution in [0.15, 0.2) is 30.6 Å². The van der Waals surface area contributed by atoms with Gasteiger partial charge in [-0.2, -0.15) is 10.2 Å². The molecule has 2 N–H and O–H groups in total. The van der Waals surface area contributed by atoms with Crippen molar-refractivity contribution in [2.24, 2.45) is 7.05 Å². The number of hydrogen-bond donors (Lipinski definition) is 2. The standard InChI is InChI=1S/C21H22F2N6O2/c1-12-11-25-29(13-5-3-4-6-13)19(12)27-20(30)14-9-17(16(23)10-15(14)22)26-21(31)18-7-8-24-28(18)2/h7-11,13H,3-6H2,1-2H3,(H,26,31)(H,27,30). The van der Waals surface area contributed by atoms with E-state index in [1.807, 2.05) is 0 Å². The van der Waals surface area contributed by atoms with Gasteiger partial charge in [-0.3, -0.25) is 14.3 Å². The average Bonchev–Trinajstić information content (AvgIpc) is 3.46. The van der Waals surface area contributed by atoms with Crippen LogP contribution in [0, 0.1) is 18.6 Å². The fourth-order valence-electron chi connectivity index (χ4n) is 3.81. The van der Waals surface area contributed by atoms with Crippen molar-refractivity contribution in [1.29, 1.82) is 0 Å². The zero-order chi connectivity index (χ0) is 22.1. The number of rotatable bonds is 5. The number of aryl methyl sites for hydroxylation is 2. The summed E-state index contributed by atoms with van der Waals surface area (Å²) in [5.74, 6) is -2.92. The summed E-state index contributed by atoms with van der Waals surface area (Å²) in [5, 5.41) is 13.3. The van der Waals surface area contributed by atoms with Crippen LogP contribution in [0.2, 0.25) is 0 Å². The lowest BCUT2D eigenvalue weighted by atomic mass is 10.1. The zero-order valence-electron chi connectivity index (χ0n) is 17.2. The third-order valence-electron chi connectivity index (χ3n) is 5.48. The first-order valence-electron chi connectivity index (χ1n) is 9.99. The molecular formula is C21H22F2N6O2. The Morgan fingerprint density at radius 3 is 2.48 bits per heavy atom. The van der Waals surface area contributed by atoms with E-state index in [0.29, 0.717) is 11.9 Å². The molecule has 1 aliphatic rings. The minimum Gasteiger partial charge on any atom is -0.318 e. The SMILES string of the molecule is Cc1cnn(C2CCCC2)c1NC(=O)c1cc(NC(=O)c2ccnn2C)c(F)cc1F. The molecule has 0 atom stereocenters. The van der Waals surface area contributed by atoms with Crippen molar-refractivity contribution >= 4 is 23.3 Å². The zero-order valence-corrected chi connectivity index (χ0v) is 17.2. The molecule has 1 saturated carbocycles. The number of carbonyl (C=O) groups excluding carboxylic acids is 2. The maximum absolute atomic E-state index is 14.4. The van der Waals surface area contributed by atoms with E-state index >= 15 is 0 Å². The average molecular weight is 428 g/mol. The third kappa shape index (κ3) is 4.05. The van der Waals surface area contributed by atoms with Gasteiger partial charge in [0, 0.05) is 24.9 Å². The van der Waals surface area contributed by atoms with Crippen LogP contribution in [0.1, 0.15) is 58.1 Å². The molecule has 2 amide bonds. The molecule has 1 aliphatic carbocycles. The molecule has 1 fully saturated rings. The van der Waals surface area contributed by atoms with E-state index in [4.69, 9.17) is 0 Å². The highest BCUT2D eigenvalue weighted by atomic mass is 19.1. The van der Waals surface area contributed by atoms with Crippen LogP contribution < -0.4 is 10.6 Å². The predicted octanol–water partition coefficient (Wildman–Crippen LogP) is 3.82. The van der Waals surface area contributed by atoms with Gasteiger partial charge in [0.2, 0.25) is 0 Å². The Bertz CT molecular complexity index is 1150. The third-order valence-corrected chi connectivity index (χ3v) is 5.48. The molecule has 0 unspecified atom stereocenters. The first-order valence-corrected chi connectivity index (χ1v) is 9.99. The minimum atomic E-state index is -1.03. The van der Waals surface area contributed by atoms with Crippen molar-refractivity contribution in [3.63, 3.8) is 0 Å². The van der Waals surface area contributed by atoms with Gasteiger partial charge >= 0.3 is 0 Å². The number of nitrogens with zero attached hydrogens (tertiary/aromatic N) is 4. The molecule has 8 nitrogen and oxygen atoms in total. The van der Waals surface area contributed by atoms with Gasteiger partial charge in [-0.25, -0.2) is 13.5 Å². The summed E-state index contributed by atoms with van der Waals surface area (Å²) in [6, 6.07) is 3.20. The lowest BCUT2D eigenvalue weighted by molar-refractivity contribution is 0.100. The fraction of sp³-hybridized carbons (Fsp3) is 0.333. The Kier molecular flexibility index (Phi) is 5.53. The number of carbonyl (C=O) groups is 2. The summed E-state index contributed by atoms with van der Waals surface area (Å²) >= 11 is 0. The second-order valence-corrected chi connectivity index (χ2v) is 7.62. The number of amides is 2. The normalized spacial score (nSPS) is 14.1. The fourth-order valence-corrected chi connectivity index (χ4v) is 3.81. The Labute approximate surface area is 177 Å². The molecule has 4 rings (SSSR count). The van der Waals surface area contributed by atoms with E-state index in [1.165, 1.54) is 16.9 Å². The number of aromatic nitrogens is 4. The summed E-state index contributed by atoms with van der Waals surface area (Å²) in [4.78, 5) is 25.2. The molecule has 2 heterocycles. The number of nitrogens with one attached hydrogen (secondary N) is 2.